The summed E-state index contributed by atoms with van der Waals surface area (Å²) in [5.74, 6) is -0.108. The van der Waals surface area contributed by atoms with Gasteiger partial charge in [-0.2, -0.15) is 0 Å². The first-order valence-electron chi connectivity index (χ1n) is 6.43. The Bertz CT molecular complexity index is 683. The van der Waals surface area contributed by atoms with E-state index in [2.05, 4.69) is 4.98 Å². The summed E-state index contributed by atoms with van der Waals surface area (Å²) in [5, 5.41) is 0.954. The third kappa shape index (κ3) is 4.08. The van der Waals surface area contributed by atoms with Crippen molar-refractivity contribution >= 4 is 27.5 Å². The number of nitrogens with zero attached hydrogens (tertiary/aromatic N) is 1. The molecule has 2 rings (SSSR count). The van der Waals surface area contributed by atoms with Crippen molar-refractivity contribution in [2.45, 2.75) is 11.8 Å². The quantitative estimate of drug-likeness (QED) is 0.799. The van der Waals surface area contributed by atoms with E-state index in [9.17, 15) is 18.0 Å². The lowest BCUT2D eigenvalue weighted by Gasteiger charge is -2.18. The van der Waals surface area contributed by atoms with Crippen LogP contribution in [0.25, 0.3) is 0 Å². The van der Waals surface area contributed by atoms with Crippen molar-refractivity contribution in [3.63, 3.8) is 0 Å². The molecule has 0 spiro atoms. The van der Waals surface area contributed by atoms with E-state index in [-0.39, 0.29) is 30.2 Å². The molecule has 0 aliphatic carbocycles. The van der Waals surface area contributed by atoms with Crippen molar-refractivity contribution in [2.24, 2.45) is 0 Å². The number of sulfone groups is 1. The third-order valence-electron chi connectivity index (χ3n) is 2.89. The van der Waals surface area contributed by atoms with Crippen LogP contribution in [0.1, 0.15) is 17.3 Å². The van der Waals surface area contributed by atoms with Gasteiger partial charge in [-0.15, -0.1) is 11.8 Å². The van der Waals surface area contributed by atoms with E-state index in [4.69, 9.17) is 4.84 Å². The fourth-order valence-electron chi connectivity index (χ4n) is 1.83. The summed E-state index contributed by atoms with van der Waals surface area (Å²) < 4.78 is 23.0. The lowest BCUT2D eigenvalue weighted by atomic mass is 10.2. The minimum absolute atomic E-state index is 0.0484. The zero-order valence-corrected chi connectivity index (χ0v) is 13.1. The van der Waals surface area contributed by atoms with Crippen LogP contribution in [0.5, 0.6) is 0 Å². The first-order valence-corrected chi connectivity index (χ1v) is 9.24. The van der Waals surface area contributed by atoms with Crippen LogP contribution in [0.2, 0.25) is 0 Å². The van der Waals surface area contributed by atoms with Gasteiger partial charge in [0.2, 0.25) is 0 Å². The SMILES string of the molecule is CCSc1c[nH]c(=O)c(C(=O)N2CCS(=O)(=O)CCO2)c1. The van der Waals surface area contributed by atoms with E-state index < -0.39 is 21.3 Å². The second-order valence-corrected chi connectivity index (χ2v) is 8.04. The maximum absolute atomic E-state index is 12.3. The summed E-state index contributed by atoms with van der Waals surface area (Å²) in [5.41, 5.74) is -0.566. The normalized spacial score (nSPS) is 18.2. The van der Waals surface area contributed by atoms with Gasteiger partial charge in [0, 0.05) is 11.1 Å². The molecule has 21 heavy (non-hydrogen) atoms. The zero-order chi connectivity index (χ0) is 15.5. The number of hydroxylamine groups is 2. The summed E-state index contributed by atoms with van der Waals surface area (Å²) in [6, 6.07) is 1.50. The number of thioether (sulfide) groups is 1. The summed E-state index contributed by atoms with van der Waals surface area (Å²) in [4.78, 5) is 32.5. The fourth-order valence-corrected chi connectivity index (χ4v) is 3.48. The molecule has 0 bridgehead atoms. The highest BCUT2D eigenvalue weighted by Gasteiger charge is 2.26. The number of carbonyl (C=O) groups excluding carboxylic acids is 1. The Morgan fingerprint density at radius 1 is 1.48 bits per heavy atom. The standard InChI is InChI=1S/C12H16N2O5S2/c1-2-20-9-7-10(11(15)13-8-9)12(16)14-3-5-21(17,18)6-4-19-14/h7-8H,2-6H2,1H3,(H,13,15). The second-order valence-electron chi connectivity index (χ2n) is 4.40. The molecule has 1 saturated heterocycles. The van der Waals surface area contributed by atoms with Crippen LogP contribution in [0.15, 0.2) is 22.0 Å². The number of hydrogen-bond donors (Lipinski definition) is 1. The second kappa shape index (κ2) is 6.63. The van der Waals surface area contributed by atoms with Gasteiger partial charge in [-0.05, 0) is 11.8 Å². The van der Waals surface area contributed by atoms with Crippen LogP contribution >= 0.6 is 11.8 Å². The molecule has 1 aromatic rings. The Morgan fingerprint density at radius 3 is 2.95 bits per heavy atom. The number of pyridine rings is 1. The van der Waals surface area contributed by atoms with Crippen molar-refractivity contribution in [1.82, 2.24) is 10.0 Å². The highest BCUT2D eigenvalue weighted by atomic mass is 32.2. The molecule has 9 heteroatoms. The molecule has 1 N–H and O–H groups in total. The third-order valence-corrected chi connectivity index (χ3v) is 5.34. The van der Waals surface area contributed by atoms with Crippen LogP contribution in [0.3, 0.4) is 0 Å². The van der Waals surface area contributed by atoms with Gasteiger partial charge in [0.25, 0.3) is 11.5 Å². The molecule has 0 radical (unpaired) electrons. The van der Waals surface area contributed by atoms with Crippen LogP contribution < -0.4 is 5.56 Å². The Labute approximate surface area is 126 Å². The monoisotopic (exact) mass is 332 g/mol. The summed E-state index contributed by atoms with van der Waals surface area (Å²) in [6.45, 7) is 1.79. The van der Waals surface area contributed by atoms with Gasteiger partial charge < -0.3 is 4.98 Å². The van der Waals surface area contributed by atoms with E-state index in [1.807, 2.05) is 6.92 Å². The number of hydrogen-bond acceptors (Lipinski definition) is 6. The predicted octanol–water partition coefficient (Wildman–Crippen LogP) is 0.289. The molecule has 0 unspecified atom stereocenters. The zero-order valence-electron chi connectivity index (χ0n) is 11.5. The van der Waals surface area contributed by atoms with Crippen molar-refractivity contribution in [1.29, 1.82) is 0 Å². The number of aromatic amines is 1. The molecule has 2 heterocycles. The average Bonchev–Trinajstić information content (AvgIpc) is 2.61. The van der Waals surface area contributed by atoms with E-state index in [1.165, 1.54) is 17.8 Å². The number of rotatable bonds is 3. The van der Waals surface area contributed by atoms with E-state index >= 15 is 0 Å². The van der Waals surface area contributed by atoms with Crippen LogP contribution in [0.4, 0.5) is 0 Å². The largest absolute Gasteiger partial charge is 0.327 e. The first kappa shape index (κ1) is 16.1. The Balaban J connectivity index is 2.23. The lowest BCUT2D eigenvalue weighted by molar-refractivity contribution is -0.111. The number of aromatic nitrogens is 1. The van der Waals surface area contributed by atoms with Gasteiger partial charge in [-0.25, -0.2) is 13.5 Å². The highest BCUT2D eigenvalue weighted by molar-refractivity contribution is 7.99. The Hall–Kier alpha value is -1.32. The molecule has 0 saturated carbocycles. The molecule has 1 amide bonds. The maximum Gasteiger partial charge on any atom is 0.283 e. The van der Waals surface area contributed by atoms with Crippen LogP contribution in [-0.4, -0.2) is 54.8 Å². The maximum atomic E-state index is 12.3. The van der Waals surface area contributed by atoms with Gasteiger partial charge in [-0.3, -0.25) is 14.4 Å². The van der Waals surface area contributed by atoms with Gasteiger partial charge >= 0.3 is 0 Å². The number of nitrogens with one attached hydrogen (secondary N) is 1. The number of amides is 1. The van der Waals surface area contributed by atoms with E-state index in [1.54, 1.807) is 6.20 Å². The topological polar surface area (TPSA) is 96.5 Å². The van der Waals surface area contributed by atoms with Gasteiger partial charge in [-0.1, -0.05) is 6.92 Å². The van der Waals surface area contributed by atoms with Gasteiger partial charge in [0.15, 0.2) is 9.84 Å². The lowest BCUT2D eigenvalue weighted by Crippen LogP contribution is -2.36. The summed E-state index contributed by atoms with van der Waals surface area (Å²) in [6.07, 6.45) is 1.54. The predicted molar refractivity (Wildman–Crippen MR) is 79.1 cm³/mol. The van der Waals surface area contributed by atoms with Crippen molar-refractivity contribution in [2.75, 3.05) is 30.4 Å². The Kier molecular flexibility index (Phi) is 5.07. The molecular formula is C12H16N2O5S2. The molecular weight excluding hydrogens is 316 g/mol. The minimum atomic E-state index is -3.20. The number of H-pyrrole nitrogens is 1. The van der Waals surface area contributed by atoms with E-state index in [0.29, 0.717) is 0 Å². The molecule has 7 nitrogen and oxygen atoms in total. The minimum Gasteiger partial charge on any atom is -0.327 e. The molecule has 116 valence electrons. The molecule has 0 aromatic carbocycles. The number of carbonyl (C=O) groups is 1. The smallest absolute Gasteiger partial charge is 0.283 e. The van der Waals surface area contributed by atoms with Crippen LogP contribution in [0, 0.1) is 0 Å². The Morgan fingerprint density at radius 2 is 2.24 bits per heavy atom. The van der Waals surface area contributed by atoms with Gasteiger partial charge in [0.05, 0.1) is 24.7 Å². The molecule has 0 atom stereocenters. The fraction of sp³-hybridized carbons (Fsp3) is 0.500. The van der Waals surface area contributed by atoms with Crippen molar-refractivity contribution in [3.8, 4) is 0 Å². The average molecular weight is 332 g/mol. The van der Waals surface area contributed by atoms with Crippen LogP contribution in [-0.2, 0) is 14.7 Å². The molecule has 1 aliphatic heterocycles. The summed E-state index contributed by atoms with van der Waals surface area (Å²) >= 11 is 1.49. The molecule has 1 fully saturated rings. The highest BCUT2D eigenvalue weighted by Crippen LogP contribution is 2.17. The van der Waals surface area contributed by atoms with Crippen molar-refractivity contribution < 1.29 is 18.0 Å². The molecule has 1 aromatic heterocycles. The first-order chi connectivity index (χ1) is 9.93. The molecule has 1 aliphatic rings. The van der Waals surface area contributed by atoms with E-state index in [0.717, 1.165) is 15.7 Å². The van der Waals surface area contributed by atoms with Crippen molar-refractivity contribution in [3.05, 3.63) is 28.2 Å². The van der Waals surface area contributed by atoms with Gasteiger partial charge in [0.1, 0.15) is 5.56 Å². The summed E-state index contributed by atoms with van der Waals surface area (Å²) in [7, 11) is -3.20.